The molecule has 2 atom stereocenters. The standard InChI is InChI=1S/C26H28N2O5/c29-24(28-13-17(14-28)25(30)31)12-16-9-10-18(11-16)27-26(32)33-15-23-21-7-3-1-5-19(21)20-6-2-4-8-22(20)23/h1-8,16-18,23H,9-15H2,(H,27,32)(H,30,31)/t16-,18+/m0/s1. The van der Waals surface area contributed by atoms with Crippen LogP contribution in [0.4, 0.5) is 4.79 Å². The molecule has 7 heteroatoms. The Morgan fingerprint density at radius 2 is 1.61 bits per heavy atom. The summed E-state index contributed by atoms with van der Waals surface area (Å²) in [7, 11) is 0. The van der Waals surface area contributed by atoms with E-state index in [1.54, 1.807) is 4.90 Å². The van der Waals surface area contributed by atoms with Gasteiger partial charge in [-0.25, -0.2) is 4.79 Å². The van der Waals surface area contributed by atoms with Crippen LogP contribution in [0.3, 0.4) is 0 Å². The topological polar surface area (TPSA) is 95.9 Å². The van der Waals surface area contributed by atoms with E-state index in [0.717, 1.165) is 19.3 Å². The van der Waals surface area contributed by atoms with E-state index in [9.17, 15) is 14.4 Å². The van der Waals surface area contributed by atoms with Crippen LogP contribution in [-0.4, -0.2) is 53.7 Å². The van der Waals surface area contributed by atoms with Crippen molar-refractivity contribution in [2.45, 2.75) is 37.6 Å². The second-order valence-corrected chi connectivity index (χ2v) is 9.38. The summed E-state index contributed by atoms with van der Waals surface area (Å²) in [6.07, 6.45) is 2.43. The van der Waals surface area contributed by atoms with Crippen LogP contribution in [0.15, 0.2) is 48.5 Å². The molecule has 2 amide bonds. The van der Waals surface area contributed by atoms with E-state index in [0.29, 0.717) is 19.5 Å². The smallest absolute Gasteiger partial charge is 0.407 e. The molecule has 0 spiro atoms. The van der Waals surface area contributed by atoms with Gasteiger partial charge in [-0.05, 0) is 47.4 Å². The van der Waals surface area contributed by atoms with E-state index in [1.165, 1.54) is 22.3 Å². The summed E-state index contributed by atoms with van der Waals surface area (Å²) >= 11 is 0. The number of carbonyl (C=O) groups is 3. The third kappa shape index (κ3) is 4.32. The molecule has 7 nitrogen and oxygen atoms in total. The van der Waals surface area contributed by atoms with Gasteiger partial charge in [0.1, 0.15) is 6.61 Å². The van der Waals surface area contributed by atoms with Crippen molar-refractivity contribution in [3.8, 4) is 11.1 Å². The third-order valence-corrected chi connectivity index (χ3v) is 7.25. The fourth-order valence-electron chi connectivity index (χ4n) is 5.41. The number of likely N-dealkylation sites (tertiary alicyclic amines) is 1. The summed E-state index contributed by atoms with van der Waals surface area (Å²) in [4.78, 5) is 37.4. The van der Waals surface area contributed by atoms with E-state index in [4.69, 9.17) is 9.84 Å². The summed E-state index contributed by atoms with van der Waals surface area (Å²) in [6.45, 7) is 0.902. The van der Waals surface area contributed by atoms with Crippen LogP contribution in [0.2, 0.25) is 0 Å². The molecule has 1 saturated carbocycles. The van der Waals surface area contributed by atoms with Gasteiger partial charge < -0.3 is 20.1 Å². The van der Waals surface area contributed by atoms with Gasteiger partial charge in [-0.2, -0.15) is 0 Å². The number of rotatable bonds is 6. The first-order valence-corrected chi connectivity index (χ1v) is 11.6. The highest BCUT2D eigenvalue weighted by atomic mass is 16.5. The Kier molecular flexibility index (Phi) is 5.79. The maximum absolute atomic E-state index is 12.5. The van der Waals surface area contributed by atoms with Crippen LogP contribution in [-0.2, 0) is 14.3 Å². The van der Waals surface area contributed by atoms with E-state index in [-0.39, 0.29) is 30.4 Å². The number of alkyl carbamates (subject to hydrolysis) is 1. The molecule has 1 heterocycles. The number of carboxylic acid groups (broad SMARTS) is 1. The van der Waals surface area contributed by atoms with E-state index >= 15 is 0 Å². The molecular formula is C26H28N2O5. The zero-order valence-corrected chi connectivity index (χ0v) is 18.4. The first kappa shape index (κ1) is 21.5. The average molecular weight is 449 g/mol. The Bertz CT molecular complexity index is 1030. The zero-order chi connectivity index (χ0) is 22.9. The number of hydrogen-bond donors (Lipinski definition) is 2. The van der Waals surface area contributed by atoms with Crippen LogP contribution >= 0.6 is 0 Å². The molecule has 2 aromatic rings. The third-order valence-electron chi connectivity index (χ3n) is 7.25. The summed E-state index contributed by atoms with van der Waals surface area (Å²) in [6, 6.07) is 16.5. The summed E-state index contributed by atoms with van der Waals surface area (Å²) in [5, 5.41) is 11.9. The van der Waals surface area contributed by atoms with Crippen molar-refractivity contribution < 1.29 is 24.2 Å². The normalized spacial score (nSPS) is 21.8. The highest BCUT2D eigenvalue weighted by Gasteiger charge is 2.37. The Hall–Kier alpha value is -3.35. The van der Waals surface area contributed by atoms with Crippen molar-refractivity contribution >= 4 is 18.0 Å². The number of ether oxygens (including phenoxy) is 1. The monoisotopic (exact) mass is 448 g/mol. The highest BCUT2D eigenvalue weighted by molar-refractivity contribution is 5.81. The molecule has 2 aromatic carbocycles. The molecular weight excluding hydrogens is 420 g/mol. The average Bonchev–Trinajstić information content (AvgIpc) is 3.33. The Labute approximate surface area is 192 Å². The fourth-order valence-corrected chi connectivity index (χ4v) is 5.41. The van der Waals surface area contributed by atoms with Crippen LogP contribution in [0, 0.1) is 11.8 Å². The second-order valence-electron chi connectivity index (χ2n) is 9.38. The number of aliphatic carboxylic acids is 1. The molecule has 0 bridgehead atoms. The largest absolute Gasteiger partial charge is 0.481 e. The molecule has 1 aliphatic heterocycles. The van der Waals surface area contributed by atoms with Gasteiger partial charge in [0, 0.05) is 31.5 Å². The van der Waals surface area contributed by atoms with Crippen molar-refractivity contribution in [2.75, 3.05) is 19.7 Å². The second kappa shape index (κ2) is 8.89. The molecule has 3 aliphatic rings. The number of hydrogen-bond acceptors (Lipinski definition) is 4. The number of nitrogens with zero attached hydrogens (tertiary/aromatic N) is 1. The molecule has 2 N–H and O–H groups in total. The van der Waals surface area contributed by atoms with Crippen LogP contribution in [0.25, 0.3) is 11.1 Å². The number of nitrogens with one attached hydrogen (secondary N) is 1. The molecule has 1 saturated heterocycles. The van der Waals surface area contributed by atoms with Crippen molar-refractivity contribution in [3.05, 3.63) is 59.7 Å². The minimum atomic E-state index is -0.840. The molecule has 2 aliphatic carbocycles. The van der Waals surface area contributed by atoms with E-state index in [2.05, 4.69) is 29.6 Å². The lowest BCUT2D eigenvalue weighted by Gasteiger charge is -2.37. The Morgan fingerprint density at radius 3 is 2.24 bits per heavy atom. The van der Waals surface area contributed by atoms with E-state index < -0.39 is 18.0 Å². The first-order chi connectivity index (χ1) is 16.0. The fraction of sp³-hybridized carbons (Fsp3) is 0.423. The molecule has 2 fully saturated rings. The van der Waals surface area contributed by atoms with E-state index in [1.807, 2.05) is 24.3 Å². The maximum atomic E-state index is 12.5. The van der Waals surface area contributed by atoms with Crippen molar-refractivity contribution in [2.24, 2.45) is 11.8 Å². The van der Waals surface area contributed by atoms with Gasteiger partial charge in [0.15, 0.2) is 0 Å². The van der Waals surface area contributed by atoms with Gasteiger partial charge in [-0.3, -0.25) is 9.59 Å². The lowest BCUT2D eigenvalue weighted by atomic mass is 9.97. The SMILES string of the molecule is O=C(N[C@@H]1CC[C@H](CC(=O)N2CC(C(=O)O)C2)C1)OCC1c2ccccc2-c2ccccc21. The van der Waals surface area contributed by atoms with Gasteiger partial charge in [-0.15, -0.1) is 0 Å². The van der Waals surface area contributed by atoms with Crippen molar-refractivity contribution in [3.63, 3.8) is 0 Å². The van der Waals surface area contributed by atoms with Crippen LogP contribution in [0.5, 0.6) is 0 Å². The predicted molar refractivity (Wildman–Crippen MR) is 122 cm³/mol. The minimum absolute atomic E-state index is 0.00149. The summed E-state index contributed by atoms with van der Waals surface area (Å²) in [5.74, 6) is -1.02. The number of carbonyl (C=O) groups excluding carboxylic acids is 2. The zero-order valence-electron chi connectivity index (χ0n) is 18.4. The molecule has 5 rings (SSSR count). The molecule has 0 aromatic heterocycles. The maximum Gasteiger partial charge on any atom is 0.407 e. The number of fused-ring (bicyclic) bond motifs is 3. The molecule has 0 radical (unpaired) electrons. The molecule has 33 heavy (non-hydrogen) atoms. The minimum Gasteiger partial charge on any atom is -0.481 e. The summed E-state index contributed by atoms with van der Waals surface area (Å²) in [5.41, 5.74) is 4.76. The van der Waals surface area contributed by atoms with Gasteiger partial charge >= 0.3 is 12.1 Å². The van der Waals surface area contributed by atoms with Crippen molar-refractivity contribution in [1.82, 2.24) is 10.2 Å². The van der Waals surface area contributed by atoms with Crippen LogP contribution < -0.4 is 5.32 Å². The lowest BCUT2D eigenvalue weighted by molar-refractivity contribution is -0.153. The lowest BCUT2D eigenvalue weighted by Crippen LogP contribution is -2.53. The first-order valence-electron chi connectivity index (χ1n) is 11.6. The van der Waals surface area contributed by atoms with Gasteiger partial charge in [0.2, 0.25) is 5.91 Å². The predicted octanol–water partition coefficient (Wildman–Crippen LogP) is 3.63. The van der Waals surface area contributed by atoms with Gasteiger partial charge in [0.25, 0.3) is 0 Å². The van der Waals surface area contributed by atoms with Crippen LogP contribution in [0.1, 0.15) is 42.7 Å². The number of carboxylic acids is 1. The Morgan fingerprint density at radius 1 is 0.970 bits per heavy atom. The summed E-state index contributed by atoms with van der Waals surface area (Å²) < 4.78 is 5.64. The quantitative estimate of drug-likeness (QED) is 0.704. The van der Waals surface area contributed by atoms with Crippen molar-refractivity contribution in [1.29, 1.82) is 0 Å². The van der Waals surface area contributed by atoms with Gasteiger partial charge in [-0.1, -0.05) is 48.5 Å². The van der Waals surface area contributed by atoms with Gasteiger partial charge in [0.05, 0.1) is 5.92 Å². The number of benzene rings is 2. The number of amides is 2. The highest BCUT2D eigenvalue weighted by Crippen LogP contribution is 2.44. The molecule has 172 valence electrons. The molecule has 0 unspecified atom stereocenters. The Balaban J connectivity index is 1.10.